The fourth-order valence-corrected chi connectivity index (χ4v) is 1.55. The summed E-state index contributed by atoms with van der Waals surface area (Å²) in [6.45, 7) is 0. The highest BCUT2D eigenvalue weighted by Crippen LogP contribution is 2.32. The molecule has 0 N–H and O–H groups in total. The monoisotopic (exact) mass is 275 g/mol. The zero-order valence-electron chi connectivity index (χ0n) is 9.41. The first kappa shape index (κ1) is 12.8. The predicted molar refractivity (Wildman–Crippen MR) is 67.1 cm³/mol. The van der Waals surface area contributed by atoms with Gasteiger partial charge < -0.3 is 4.74 Å². The number of nitrogens with zero attached hydrogens (tertiary/aromatic N) is 3. The van der Waals surface area contributed by atoms with E-state index in [1.165, 1.54) is 30.5 Å². The van der Waals surface area contributed by atoms with E-state index in [4.69, 9.17) is 21.6 Å². The third-order valence-corrected chi connectivity index (χ3v) is 2.42. The maximum Gasteiger partial charge on any atom is 0.312 e. The average Bonchev–Trinajstić information content (AvgIpc) is 2.39. The van der Waals surface area contributed by atoms with Crippen LogP contribution in [0, 0.1) is 21.4 Å². The molecule has 2 aromatic rings. The molecule has 1 aromatic carbocycles. The lowest BCUT2D eigenvalue weighted by Crippen LogP contribution is -1.94. The number of ether oxygens (including phenoxy) is 1. The predicted octanol–water partition coefficient (Wildman–Crippen LogP) is 3.31. The van der Waals surface area contributed by atoms with E-state index in [0.717, 1.165) is 6.07 Å². The van der Waals surface area contributed by atoms with E-state index in [1.807, 2.05) is 6.07 Å². The highest BCUT2D eigenvalue weighted by atomic mass is 35.5. The molecule has 0 spiro atoms. The molecule has 1 aromatic heterocycles. The quantitative estimate of drug-likeness (QED) is 0.487. The van der Waals surface area contributed by atoms with Crippen molar-refractivity contribution in [3.63, 3.8) is 0 Å². The van der Waals surface area contributed by atoms with Crippen LogP contribution in [0.4, 0.5) is 5.69 Å². The fraction of sp³-hybridized carbons (Fsp3) is 0. The molecule has 0 saturated carbocycles. The van der Waals surface area contributed by atoms with E-state index in [1.54, 1.807) is 0 Å². The number of benzene rings is 1. The van der Waals surface area contributed by atoms with Gasteiger partial charge in [0.1, 0.15) is 10.9 Å². The Balaban J connectivity index is 2.40. The molecule has 6 nitrogen and oxygen atoms in total. The molecule has 94 valence electrons. The van der Waals surface area contributed by atoms with Gasteiger partial charge in [0.05, 0.1) is 16.6 Å². The lowest BCUT2D eigenvalue weighted by Gasteiger charge is -2.06. The van der Waals surface area contributed by atoms with Crippen molar-refractivity contribution >= 4 is 17.3 Å². The molecule has 0 aliphatic carbocycles. The highest BCUT2D eigenvalue weighted by molar-refractivity contribution is 6.29. The lowest BCUT2D eigenvalue weighted by molar-refractivity contribution is -0.385. The molecule has 7 heteroatoms. The van der Waals surface area contributed by atoms with Gasteiger partial charge in [-0.1, -0.05) is 11.6 Å². The number of rotatable bonds is 3. The van der Waals surface area contributed by atoms with E-state index >= 15 is 0 Å². The number of aromatic nitrogens is 1. The van der Waals surface area contributed by atoms with Crippen molar-refractivity contribution in [1.29, 1.82) is 5.26 Å². The van der Waals surface area contributed by atoms with Crippen LogP contribution in [0.15, 0.2) is 36.5 Å². The van der Waals surface area contributed by atoms with Crippen LogP contribution in [0.25, 0.3) is 0 Å². The standard InChI is InChI=1S/C12H6ClN3O3/c13-12-6-9(3-4-15-12)19-11-2-1-8(7-14)5-10(11)16(17)18/h1-6H. The summed E-state index contributed by atoms with van der Waals surface area (Å²) in [7, 11) is 0. The minimum Gasteiger partial charge on any atom is -0.450 e. The molecule has 0 atom stereocenters. The molecule has 0 bridgehead atoms. The van der Waals surface area contributed by atoms with Gasteiger partial charge in [-0.15, -0.1) is 0 Å². The van der Waals surface area contributed by atoms with Crippen molar-refractivity contribution in [3.05, 3.63) is 57.4 Å². The van der Waals surface area contributed by atoms with Crippen molar-refractivity contribution in [2.45, 2.75) is 0 Å². The largest absolute Gasteiger partial charge is 0.450 e. The summed E-state index contributed by atoms with van der Waals surface area (Å²) in [5.74, 6) is 0.360. The van der Waals surface area contributed by atoms with Crippen LogP contribution in [-0.2, 0) is 0 Å². The minimum absolute atomic E-state index is 0.0336. The molecule has 1 heterocycles. The van der Waals surface area contributed by atoms with Crippen LogP contribution in [0.1, 0.15) is 5.56 Å². The van der Waals surface area contributed by atoms with Crippen molar-refractivity contribution in [1.82, 2.24) is 4.98 Å². The van der Waals surface area contributed by atoms with E-state index in [-0.39, 0.29) is 22.2 Å². The Hall–Kier alpha value is -2.65. The summed E-state index contributed by atoms with van der Waals surface area (Å²) < 4.78 is 5.38. The Morgan fingerprint density at radius 3 is 2.79 bits per heavy atom. The third-order valence-electron chi connectivity index (χ3n) is 2.21. The lowest BCUT2D eigenvalue weighted by atomic mass is 10.2. The summed E-state index contributed by atoms with van der Waals surface area (Å²) in [6.07, 6.45) is 1.42. The van der Waals surface area contributed by atoms with Gasteiger partial charge in [0.15, 0.2) is 0 Å². The van der Waals surface area contributed by atoms with Crippen LogP contribution in [0.5, 0.6) is 11.5 Å². The van der Waals surface area contributed by atoms with E-state index in [9.17, 15) is 10.1 Å². The van der Waals surface area contributed by atoms with E-state index in [0.29, 0.717) is 5.75 Å². The first-order valence-corrected chi connectivity index (χ1v) is 5.46. The number of halogens is 1. The summed E-state index contributed by atoms with van der Waals surface area (Å²) >= 11 is 5.69. The van der Waals surface area contributed by atoms with Gasteiger partial charge >= 0.3 is 5.69 Å². The molecule has 0 saturated heterocycles. The Morgan fingerprint density at radius 2 is 2.16 bits per heavy atom. The molecule has 0 aliphatic rings. The van der Waals surface area contributed by atoms with Gasteiger partial charge in [0.2, 0.25) is 5.75 Å². The molecule has 0 radical (unpaired) electrons. The molecule has 0 aliphatic heterocycles. The van der Waals surface area contributed by atoms with Crippen LogP contribution in [0.3, 0.4) is 0 Å². The van der Waals surface area contributed by atoms with Gasteiger partial charge in [0, 0.05) is 18.3 Å². The van der Waals surface area contributed by atoms with Gasteiger partial charge in [-0.05, 0) is 18.2 Å². The first-order chi connectivity index (χ1) is 9.10. The van der Waals surface area contributed by atoms with Crippen molar-refractivity contribution in [2.24, 2.45) is 0 Å². The highest BCUT2D eigenvalue weighted by Gasteiger charge is 2.17. The molecule has 19 heavy (non-hydrogen) atoms. The van der Waals surface area contributed by atoms with Crippen LogP contribution in [0.2, 0.25) is 5.15 Å². The number of nitro benzene ring substituents is 1. The third kappa shape index (κ3) is 2.97. The van der Waals surface area contributed by atoms with Gasteiger partial charge in [0.25, 0.3) is 0 Å². The second-order valence-electron chi connectivity index (χ2n) is 3.47. The summed E-state index contributed by atoms with van der Waals surface area (Å²) in [5, 5.41) is 19.9. The van der Waals surface area contributed by atoms with Crippen molar-refractivity contribution in [3.8, 4) is 17.6 Å². The molecule has 0 fully saturated rings. The van der Waals surface area contributed by atoms with Gasteiger partial charge in [-0.2, -0.15) is 5.26 Å². The molecular weight excluding hydrogens is 270 g/mol. The number of hydrogen-bond acceptors (Lipinski definition) is 5. The van der Waals surface area contributed by atoms with Crippen LogP contribution >= 0.6 is 11.6 Å². The molecule has 0 unspecified atom stereocenters. The van der Waals surface area contributed by atoms with E-state index in [2.05, 4.69) is 4.98 Å². The number of hydrogen-bond donors (Lipinski definition) is 0. The average molecular weight is 276 g/mol. The summed E-state index contributed by atoms with van der Waals surface area (Å²) in [6, 6.07) is 8.74. The van der Waals surface area contributed by atoms with Crippen LogP contribution in [-0.4, -0.2) is 9.91 Å². The Labute approximate surface area is 113 Å². The maximum absolute atomic E-state index is 10.9. The Kier molecular flexibility index (Phi) is 3.59. The zero-order valence-corrected chi connectivity index (χ0v) is 10.2. The van der Waals surface area contributed by atoms with Crippen molar-refractivity contribution in [2.75, 3.05) is 0 Å². The molecule has 2 rings (SSSR count). The summed E-state index contributed by atoms with van der Waals surface area (Å²) in [5.41, 5.74) is -0.0983. The normalized spacial score (nSPS) is 9.68. The SMILES string of the molecule is N#Cc1ccc(Oc2ccnc(Cl)c2)c([N+](=O)[O-])c1. The second-order valence-corrected chi connectivity index (χ2v) is 3.85. The first-order valence-electron chi connectivity index (χ1n) is 5.08. The number of pyridine rings is 1. The smallest absolute Gasteiger partial charge is 0.312 e. The van der Waals surface area contributed by atoms with Crippen LogP contribution < -0.4 is 4.74 Å². The number of nitriles is 1. The molecule has 0 amide bonds. The fourth-order valence-electron chi connectivity index (χ4n) is 1.39. The van der Waals surface area contributed by atoms with Crippen molar-refractivity contribution < 1.29 is 9.66 Å². The van der Waals surface area contributed by atoms with Gasteiger partial charge in [-0.25, -0.2) is 4.98 Å². The van der Waals surface area contributed by atoms with E-state index < -0.39 is 4.92 Å². The number of nitro groups is 1. The second kappa shape index (κ2) is 5.33. The minimum atomic E-state index is -0.612. The zero-order chi connectivity index (χ0) is 13.8. The topological polar surface area (TPSA) is 89.0 Å². The summed E-state index contributed by atoms with van der Waals surface area (Å²) in [4.78, 5) is 14.1. The Bertz CT molecular complexity index is 682. The Morgan fingerprint density at radius 1 is 1.37 bits per heavy atom. The molecular formula is C12H6ClN3O3. The van der Waals surface area contributed by atoms with Gasteiger partial charge in [-0.3, -0.25) is 10.1 Å². The maximum atomic E-state index is 10.9.